The van der Waals surface area contributed by atoms with E-state index in [1.54, 1.807) is 0 Å². The van der Waals surface area contributed by atoms with E-state index in [4.69, 9.17) is 14.2 Å². The minimum Gasteiger partial charge on any atom is -0.462 e. The Hall–Kier alpha value is -3.41. The van der Waals surface area contributed by atoms with Gasteiger partial charge in [0, 0.05) is 19.3 Å². The molecule has 0 bridgehead atoms. The quantitative estimate of drug-likeness (QED) is 0.0261. The molecule has 0 radical (unpaired) electrons. The van der Waals surface area contributed by atoms with Gasteiger partial charge in [-0.2, -0.15) is 0 Å². The van der Waals surface area contributed by atoms with E-state index in [0.29, 0.717) is 19.3 Å². The van der Waals surface area contributed by atoms with Crippen LogP contribution >= 0.6 is 0 Å². The molecule has 0 aliphatic heterocycles. The van der Waals surface area contributed by atoms with Crippen LogP contribution in [0.4, 0.5) is 0 Å². The first-order valence-electron chi connectivity index (χ1n) is 31.6. The van der Waals surface area contributed by atoms with Gasteiger partial charge < -0.3 is 14.2 Å². The van der Waals surface area contributed by atoms with Crippen LogP contribution in [0.25, 0.3) is 0 Å². The summed E-state index contributed by atoms with van der Waals surface area (Å²) in [5.41, 5.74) is 0. The van der Waals surface area contributed by atoms with Gasteiger partial charge in [0.1, 0.15) is 13.2 Å². The molecule has 0 aromatic heterocycles. The van der Waals surface area contributed by atoms with Crippen molar-refractivity contribution in [1.29, 1.82) is 0 Å². The first kappa shape index (κ1) is 70.6. The van der Waals surface area contributed by atoms with Crippen LogP contribution in [0, 0.1) is 0 Å². The normalized spacial score (nSPS) is 12.6. The Kier molecular flexibility index (Phi) is 59.3. The fourth-order valence-corrected chi connectivity index (χ4v) is 8.91. The number of hydrogen-bond donors (Lipinski definition) is 0. The second kappa shape index (κ2) is 62.1. The van der Waals surface area contributed by atoms with Crippen molar-refractivity contribution >= 4 is 17.9 Å². The van der Waals surface area contributed by atoms with Gasteiger partial charge in [-0.05, 0) is 96.3 Å². The Balaban J connectivity index is 4.22. The van der Waals surface area contributed by atoms with E-state index in [0.717, 1.165) is 116 Å². The maximum Gasteiger partial charge on any atom is 0.306 e. The SMILES string of the molecule is CC/C=C\C/C=C\C/C=C\C/C=C\C/C=C\CCCCCCCCCCCCCCCC(=O)OCC(COC(=O)CCCCCCCCCCCCC)OC(=O)CCCCCCC/C=C\C/C=C\CCCCCC. The average molecular weight is 1030 g/mol. The standard InChI is InChI=1S/C68H118O6/c1-4-7-10-13-16-19-22-24-26-28-29-30-31-32-33-34-35-36-37-38-39-40-42-43-46-49-52-55-58-61-67(70)73-64-65(63-72-66(69)60-57-54-51-48-45-21-18-15-12-9-6-3)74-68(71)62-59-56-53-50-47-44-41-27-25-23-20-17-14-11-8-5-2/h7,10,16,19-20,23-24,26-27,29-30,32-33,41,65H,4-6,8-9,11-15,17-18,21-22,25,28,31,34-40,42-64H2,1-3H3/b10-7-,19-16-,23-20-,26-24-,30-29-,33-32-,41-27-. The molecular weight excluding hydrogens is 913 g/mol. The zero-order valence-corrected chi connectivity index (χ0v) is 48.8. The summed E-state index contributed by atoms with van der Waals surface area (Å²) in [5.74, 6) is -0.883. The number of esters is 3. The molecule has 0 aliphatic carbocycles. The summed E-state index contributed by atoms with van der Waals surface area (Å²) in [6.45, 7) is 6.51. The second-order valence-electron chi connectivity index (χ2n) is 20.9. The van der Waals surface area contributed by atoms with Gasteiger partial charge >= 0.3 is 17.9 Å². The van der Waals surface area contributed by atoms with Crippen molar-refractivity contribution in [2.75, 3.05) is 13.2 Å². The van der Waals surface area contributed by atoms with Crippen LogP contribution in [0.5, 0.6) is 0 Å². The lowest BCUT2D eigenvalue weighted by molar-refractivity contribution is -0.167. The number of allylic oxidation sites excluding steroid dienone is 14. The van der Waals surface area contributed by atoms with Gasteiger partial charge in [-0.25, -0.2) is 0 Å². The fourth-order valence-electron chi connectivity index (χ4n) is 8.91. The molecule has 0 aromatic carbocycles. The third kappa shape index (κ3) is 59.5. The van der Waals surface area contributed by atoms with Crippen molar-refractivity contribution < 1.29 is 28.6 Å². The second-order valence-corrected chi connectivity index (χ2v) is 20.9. The van der Waals surface area contributed by atoms with Gasteiger partial charge in [-0.15, -0.1) is 0 Å². The van der Waals surface area contributed by atoms with E-state index in [-0.39, 0.29) is 31.1 Å². The smallest absolute Gasteiger partial charge is 0.306 e. The summed E-state index contributed by atoms with van der Waals surface area (Å²) >= 11 is 0. The van der Waals surface area contributed by atoms with Gasteiger partial charge in [-0.3, -0.25) is 14.4 Å². The van der Waals surface area contributed by atoms with Crippen LogP contribution in [0.3, 0.4) is 0 Å². The van der Waals surface area contributed by atoms with Gasteiger partial charge in [0.15, 0.2) is 6.10 Å². The van der Waals surface area contributed by atoms with E-state index in [9.17, 15) is 14.4 Å². The van der Waals surface area contributed by atoms with Crippen molar-refractivity contribution in [2.45, 2.75) is 316 Å². The summed E-state index contributed by atoms with van der Waals surface area (Å²) < 4.78 is 16.9. The monoisotopic (exact) mass is 1030 g/mol. The molecule has 426 valence electrons. The molecule has 0 amide bonds. The van der Waals surface area contributed by atoms with Crippen molar-refractivity contribution in [2.24, 2.45) is 0 Å². The summed E-state index contributed by atoms with van der Waals surface area (Å²) in [5, 5.41) is 0. The molecule has 0 N–H and O–H groups in total. The fraction of sp³-hybridized carbons (Fsp3) is 0.750. The van der Waals surface area contributed by atoms with Crippen LogP contribution in [0.2, 0.25) is 0 Å². The van der Waals surface area contributed by atoms with E-state index < -0.39 is 6.10 Å². The Morgan fingerprint density at radius 3 is 0.838 bits per heavy atom. The van der Waals surface area contributed by atoms with Crippen molar-refractivity contribution in [3.8, 4) is 0 Å². The molecule has 6 heteroatoms. The predicted octanol–water partition coefficient (Wildman–Crippen LogP) is 21.5. The first-order chi connectivity index (χ1) is 36.5. The molecule has 74 heavy (non-hydrogen) atoms. The molecule has 0 rings (SSSR count). The molecule has 1 unspecified atom stereocenters. The largest absolute Gasteiger partial charge is 0.462 e. The van der Waals surface area contributed by atoms with Crippen molar-refractivity contribution in [3.05, 3.63) is 85.1 Å². The summed E-state index contributed by atoms with van der Waals surface area (Å²) in [6, 6.07) is 0. The van der Waals surface area contributed by atoms with E-state index in [2.05, 4.69) is 106 Å². The van der Waals surface area contributed by atoms with Crippen LogP contribution in [-0.4, -0.2) is 37.2 Å². The zero-order chi connectivity index (χ0) is 53.6. The molecule has 0 aromatic rings. The highest BCUT2D eigenvalue weighted by molar-refractivity contribution is 5.71. The zero-order valence-electron chi connectivity index (χ0n) is 48.8. The van der Waals surface area contributed by atoms with Crippen LogP contribution in [0.1, 0.15) is 310 Å². The first-order valence-corrected chi connectivity index (χ1v) is 31.6. The van der Waals surface area contributed by atoms with Crippen molar-refractivity contribution in [1.82, 2.24) is 0 Å². The Morgan fingerprint density at radius 1 is 0.284 bits per heavy atom. The molecule has 1 atom stereocenters. The molecule has 6 nitrogen and oxygen atoms in total. The molecular formula is C68H118O6. The molecule has 0 fully saturated rings. The lowest BCUT2D eigenvalue weighted by Crippen LogP contribution is -2.30. The van der Waals surface area contributed by atoms with Gasteiger partial charge in [0.05, 0.1) is 0 Å². The maximum absolute atomic E-state index is 12.9. The topological polar surface area (TPSA) is 78.9 Å². The number of hydrogen-bond acceptors (Lipinski definition) is 6. The van der Waals surface area contributed by atoms with Gasteiger partial charge in [-0.1, -0.05) is 279 Å². The number of rotatable bonds is 57. The molecule has 0 spiro atoms. The minimum absolute atomic E-state index is 0.0788. The van der Waals surface area contributed by atoms with Gasteiger partial charge in [0.25, 0.3) is 0 Å². The molecule has 0 saturated heterocycles. The third-order valence-electron chi connectivity index (χ3n) is 13.6. The lowest BCUT2D eigenvalue weighted by atomic mass is 10.0. The number of unbranched alkanes of at least 4 members (excludes halogenated alkanes) is 32. The summed E-state index contributed by atoms with van der Waals surface area (Å²) in [4.78, 5) is 38.2. The Labute approximate surface area is 458 Å². The molecule has 0 aliphatic rings. The minimum atomic E-state index is -0.782. The highest BCUT2D eigenvalue weighted by atomic mass is 16.6. The van der Waals surface area contributed by atoms with Crippen LogP contribution < -0.4 is 0 Å². The average Bonchev–Trinajstić information content (AvgIpc) is 3.40. The number of ether oxygens (including phenoxy) is 3. The Bertz CT molecular complexity index is 1420. The maximum atomic E-state index is 12.9. The third-order valence-corrected chi connectivity index (χ3v) is 13.6. The van der Waals surface area contributed by atoms with Crippen LogP contribution in [-0.2, 0) is 28.6 Å². The Morgan fingerprint density at radius 2 is 0.527 bits per heavy atom. The lowest BCUT2D eigenvalue weighted by Gasteiger charge is -2.18. The predicted molar refractivity (Wildman–Crippen MR) is 321 cm³/mol. The summed E-state index contributed by atoms with van der Waals surface area (Å²) in [6.07, 6.45) is 81.6. The highest BCUT2D eigenvalue weighted by Crippen LogP contribution is 2.16. The molecule has 0 saturated carbocycles. The van der Waals surface area contributed by atoms with Crippen LogP contribution in [0.15, 0.2) is 85.1 Å². The summed E-state index contributed by atoms with van der Waals surface area (Å²) in [7, 11) is 0. The molecule has 0 heterocycles. The van der Waals surface area contributed by atoms with E-state index in [1.807, 2.05) is 0 Å². The van der Waals surface area contributed by atoms with Crippen molar-refractivity contribution in [3.63, 3.8) is 0 Å². The van der Waals surface area contributed by atoms with E-state index in [1.165, 1.54) is 154 Å². The highest BCUT2D eigenvalue weighted by Gasteiger charge is 2.19. The van der Waals surface area contributed by atoms with Gasteiger partial charge in [0.2, 0.25) is 0 Å². The number of carbonyl (C=O) groups is 3. The van der Waals surface area contributed by atoms with E-state index >= 15 is 0 Å². The number of carbonyl (C=O) groups excluding carboxylic acids is 3.